The predicted molar refractivity (Wildman–Crippen MR) is 73.1 cm³/mol. The number of nitrogens with zero attached hydrogens (tertiary/aromatic N) is 4. The van der Waals surface area contributed by atoms with Gasteiger partial charge in [0.1, 0.15) is 5.82 Å². The van der Waals surface area contributed by atoms with Gasteiger partial charge < -0.3 is 4.90 Å². The second-order valence-electron chi connectivity index (χ2n) is 5.19. The van der Waals surface area contributed by atoms with E-state index in [1.165, 1.54) is 0 Å². The largest absolute Gasteiger partial charge is 0.332 e. The van der Waals surface area contributed by atoms with Gasteiger partial charge in [0.15, 0.2) is 0 Å². The van der Waals surface area contributed by atoms with E-state index in [2.05, 4.69) is 20.2 Å². The Balaban J connectivity index is 1.75. The average molecular weight is 271 g/mol. The smallest absolute Gasteiger partial charge is 0.293 e. The molecule has 2 aromatic rings. The molecule has 3 rings (SSSR count). The van der Waals surface area contributed by atoms with Crippen LogP contribution in [0.4, 0.5) is 0 Å². The number of nitrogens with one attached hydrogen (secondary N) is 1. The Morgan fingerprint density at radius 2 is 2.10 bits per heavy atom. The van der Waals surface area contributed by atoms with E-state index in [9.17, 15) is 4.79 Å². The number of carbonyl (C=O) groups excluding carboxylic acids is 1. The van der Waals surface area contributed by atoms with Crippen LogP contribution in [0.2, 0.25) is 0 Å². The maximum Gasteiger partial charge on any atom is 0.293 e. The molecule has 6 heteroatoms. The molecule has 2 aromatic heterocycles. The van der Waals surface area contributed by atoms with E-state index in [4.69, 9.17) is 0 Å². The first-order chi connectivity index (χ1) is 9.66. The zero-order valence-electron chi connectivity index (χ0n) is 11.6. The number of carbonyl (C=O) groups is 1. The number of hydrogen-bond acceptors (Lipinski definition) is 4. The molecule has 1 N–H and O–H groups in total. The molecule has 0 aromatic carbocycles. The van der Waals surface area contributed by atoms with Crippen LogP contribution in [0.5, 0.6) is 0 Å². The Morgan fingerprint density at radius 3 is 2.75 bits per heavy atom. The number of H-pyrrole nitrogens is 1. The van der Waals surface area contributed by atoms with Crippen molar-refractivity contribution in [1.82, 2.24) is 25.1 Å². The van der Waals surface area contributed by atoms with E-state index in [1.807, 2.05) is 19.1 Å². The van der Waals surface area contributed by atoms with Crippen LogP contribution in [0, 0.1) is 0 Å². The first-order valence-electron chi connectivity index (χ1n) is 6.76. The molecule has 0 bridgehead atoms. The molecular weight excluding hydrogens is 254 g/mol. The summed E-state index contributed by atoms with van der Waals surface area (Å²) in [4.78, 5) is 22.3. The van der Waals surface area contributed by atoms with Crippen LogP contribution >= 0.6 is 0 Å². The van der Waals surface area contributed by atoms with E-state index in [0.717, 1.165) is 24.2 Å². The summed E-state index contributed by atoms with van der Waals surface area (Å²) in [7, 11) is 1.76. The van der Waals surface area contributed by atoms with Crippen molar-refractivity contribution in [1.29, 1.82) is 0 Å². The monoisotopic (exact) mass is 271 g/mol. The van der Waals surface area contributed by atoms with Gasteiger partial charge in [-0.1, -0.05) is 0 Å². The highest BCUT2D eigenvalue weighted by Crippen LogP contribution is 2.37. The highest BCUT2D eigenvalue weighted by molar-refractivity contribution is 5.90. The molecule has 1 atom stereocenters. The Morgan fingerprint density at radius 1 is 1.40 bits per heavy atom. The van der Waals surface area contributed by atoms with Gasteiger partial charge in [0.2, 0.25) is 5.82 Å². The maximum atomic E-state index is 12.4. The van der Waals surface area contributed by atoms with E-state index in [-0.39, 0.29) is 17.8 Å². The lowest BCUT2D eigenvalue weighted by molar-refractivity contribution is 0.0730. The van der Waals surface area contributed by atoms with Crippen LogP contribution in [0.25, 0.3) is 0 Å². The van der Waals surface area contributed by atoms with Crippen LogP contribution in [0.1, 0.15) is 53.7 Å². The third-order valence-electron chi connectivity index (χ3n) is 3.75. The first kappa shape index (κ1) is 12.8. The fourth-order valence-electron chi connectivity index (χ4n) is 2.11. The van der Waals surface area contributed by atoms with Crippen LogP contribution in [-0.4, -0.2) is 38.0 Å². The summed E-state index contributed by atoms with van der Waals surface area (Å²) in [6, 6.07) is 3.76. The highest BCUT2D eigenvalue weighted by Gasteiger charge is 2.29. The van der Waals surface area contributed by atoms with Gasteiger partial charge in [-0.3, -0.25) is 14.9 Å². The van der Waals surface area contributed by atoms with Gasteiger partial charge in [0.25, 0.3) is 5.91 Å². The van der Waals surface area contributed by atoms with Crippen molar-refractivity contribution in [2.75, 3.05) is 7.05 Å². The van der Waals surface area contributed by atoms with Crippen LogP contribution in [0.15, 0.2) is 24.5 Å². The first-order valence-corrected chi connectivity index (χ1v) is 6.76. The molecule has 6 nitrogen and oxygen atoms in total. The normalized spacial score (nSPS) is 15.9. The summed E-state index contributed by atoms with van der Waals surface area (Å²) in [5.41, 5.74) is 1.04. The summed E-state index contributed by atoms with van der Waals surface area (Å²) in [5, 5.41) is 6.90. The number of aromatic nitrogens is 4. The molecule has 104 valence electrons. The number of aromatic amines is 1. The van der Waals surface area contributed by atoms with Gasteiger partial charge >= 0.3 is 0 Å². The molecule has 1 unspecified atom stereocenters. The van der Waals surface area contributed by atoms with Gasteiger partial charge in [-0.25, -0.2) is 4.98 Å². The van der Waals surface area contributed by atoms with Crippen molar-refractivity contribution in [3.05, 3.63) is 41.7 Å². The minimum Gasteiger partial charge on any atom is -0.332 e. The van der Waals surface area contributed by atoms with Crippen molar-refractivity contribution in [2.45, 2.75) is 31.7 Å². The average Bonchev–Trinajstić information content (AvgIpc) is 3.23. The lowest BCUT2D eigenvalue weighted by Gasteiger charge is -2.23. The SMILES string of the molecule is CC(c1ccncc1)N(C)C(=O)c1n[nH]c(C2CC2)n1. The molecule has 1 aliphatic rings. The third kappa shape index (κ3) is 2.41. The van der Waals surface area contributed by atoms with E-state index < -0.39 is 0 Å². The molecule has 2 heterocycles. The summed E-state index contributed by atoms with van der Waals surface area (Å²) in [5.74, 6) is 1.37. The van der Waals surface area contributed by atoms with E-state index in [0.29, 0.717) is 5.92 Å². The molecule has 0 saturated heterocycles. The fourth-order valence-corrected chi connectivity index (χ4v) is 2.11. The van der Waals surface area contributed by atoms with E-state index >= 15 is 0 Å². The number of hydrogen-bond donors (Lipinski definition) is 1. The standard InChI is InChI=1S/C14H17N5O/c1-9(10-5-7-15-8-6-10)19(2)14(20)13-16-12(17-18-13)11-3-4-11/h5-9,11H,3-4H2,1-2H3,(H,16,17,18). The predicted octanol–water partition coefficient (Wildman–Crippen LogP) is 1.91. The minimum atomic E-state index is -0.169. The lowest BCUT2D eigenvalue weighted by Crippen LogP contribution is -2.30. The Hall–Kier alpha value is -2.24. The van der Waals surface area contributed by atoms with Gasteiger partial charge in [-0.15, -0.1) is 5.10 Å². The topological polar surface area (TPSA) is 74.8 Å². The van der Waals surface area contributed by atoms with Crippen LogP contribution in [-0.2, 0) is 0 Å². The van der Waals surface area contributed by atoms with Crippen LogP contribution in [0.3, 0.4) is 0 Å². The van der Waals surface area contributed by atoms with Crippen molar-refractivity contribution in [3.8, 4) is 0 Å². The molecule has 1 fully saturated rings. The highest BCUT2D eigenvalue weighted by atomic mass is 16.2. The third-order valence-corrected chi connectivity index (χ3v) is 3.75. The Kier molecular flexibility index (Phi) is 3.22. The minimum absolute atomic E-state index is 0.0478. The number of pyridine rings is 1. The summed E-state index contributed by atoms with van der Waals surface area (Å²) >= 11 is 0. The zero-order chi connectivity index (χ0) is 14.1. The molecule has 1 saturated carbocycles. The summed E-state index contributed by atoms with van der Waals surface area (Å²) in [6.45, 7) is 1.97. The lowest BCUT2D eigenvalue weighted by atomic mass is 10.1. The second kappa shape index (κ2) is 5.03. The molecule has 1 aliphatic carbocycles. The molecule has 0 radical (unpaired) electrons. The summed E-state index contributed by atoms with van der Waals surface area (Å²) in [6.07, 6.45) is 5.71. The molecule has 1 amide bonds. The van der Waals surface area contributed by atoms with Crippen molar-refractivity contribution < 1.29 is 4.79 Å². The molecule has 0 aliphatic heterocycles. The zero-order valence-corrected chi connectivity index (χ0v) is 11.6. The van der Waals surface area contributed by atoms with Gasteiger partial charge in [-0.2, -0.15) is 0 Å². The van der Waals surface area contributed by atoms with Crippen molar-refractivity contribution in [3.63, 3.8) is 0 Å². The molecule has 0 spiro atoms. The second-order valence-corrected chi connectivity index (χ2v) is 5.19. The Bertz CT molecular complexity index is 605. The molecule has 20 heavy (non-hydrogen) atoms. The van der Waals surface area contributed by atoms with Crippen molar-refractivity contribution in [2.24, 2.45) is 0 Å². The van der Waals surface area contributed by atoms with Crippen LogP contribution < -0.4 is 0 Å². The van der Waals surface area contributed by atoms with Gasteiger partial charge in [0, 0.05) is 25.4 Å². The van der Waals surface area contributed by atoms with Gasteiger partial charge in [-0.05, 0) is 37.5 Å². The summed E-state index contributed by atoms with van der Waals surface area (Å²) < 4.78 is 0. The quantitative estimate of drug-likeness (QED) is 0.921. The number of rotatable bonds is 4. The van der Waals surface area contributed by atoms with E-state index in [1.54, 1.807) is 24.3 Å². The molecular formula is C14H17N5O. The number of amides is 1. The van der Waals surface area contributed by atoms with Gasteiger partial charge in [0.05, 0.1) is 6.04 Å². The maximum absolute atomic E-state index is 12.4. The Labute approximate surface area is 117 Å². The van der Waals surface area contributed by atoms with Crippen molar-refractivity contribution >= 4 is 5.91 Å². The fraction of sp³-hybridized carbons (Fsp3) is 0.429.